The third-order valence-corrected chi connectivity index (χ3v) is 4.98. The second kappa shape index (κ2) is 9.56. The van der Waals surface area contributed by atoms with Crippen molar-refractivity contribution < 1.29 is 19.1 Å². The number of hydrogen-bond donors (Lipinski definition) is 1. The van der Waals surface area contributed by atoms with Crippen LogP contribution < -0.4 is 5.73 Å². The molecule has 1 aliphatic carbocycles. The molecule has 0 bridgehead atoms. The number of nitrogens with two attached hydrogens (primary N) is 1. The van der Waals surface area contributed by atoms with Gasteiger partial charge in [-0.2, -0.15) is 0 Å². The van der Waals surface area contributed by atoms with E-state index in [-0.39, 0.29) is 29.8 Å². The molecule has 1 saturated carbocycles. The normalized spacial score (nSPS) is 23.2. The Morgan fingerprint density at radius 1 is 1.24 bits per heavy atom. The molecule has 0 aromatic heterocycles. The van der Waals surface area contributed by atoms with Crippen molar-refractivity contribution in [2.24, 2.45) is 11.1 Å². The zero-order valence-corrected chi connectivity index (χ0v) is 15.0. The lowest BCUT2D eigenvalue weighted by molar-refractivity contribution is -0.160. The summed E-state index contributed by atoms with van der Waals surface area (Å²) in [5.41, 5.74) is 6.30. The molecular weight excluding hydrogens is 318 g/mol. The SMILES string of the molecule is CC(=O)O[C@@H]1CCCC[C@]1(CCCOCc1ccccc1)CC(N)=O. The predicted molar refractivity (Wildman–Crippen MR) is 95.6 cm³/mol. The van der Waals surface area contributed by atoms with E-state index in [1.165, 1.54) is 6.92 Å². The number of primary amides is 1. The summed E-state index contributed by atoms with van der Waals surface area (Å²) in [6.45, 7) is 2.62. The molecule has 0 spiro atoms. The Morgan fingerprint density at radius 3 is 2.68 bits per heavy atom. The summed E-state index contributed by atoms with van der Waals surface area (Å²) in [4.78, 5) is 23.1. The van der Waals surface area contributed by atoms with Gasteiger partial charge in [0.25, 0.3) is 0 Å². The molecule has 0 heterocycles. The summed E-state index contributed by atoms with van der Waals surface area (Å²) in [6, 6.07) is 10.0. The third-order valence-electron chi connectivity index (χ3n) is 4.98. The van der Waals surface area contributed by atoms with Crippen molar-refractivity contribution >= 4 is 11.9 Å². The lowest BCUT2D eigenvalue weighted by Crippen LogP contribution is -2.44. The minimum atomic E-state index is -0.341. The van der Waals surface area contributed by atoms with Crippen LogP contribution in [0.25, 0.3) is 0 Å². The van der Waals surface area contributed by atoms with Gasteiger partial charge in [-0.1, -0.05) is 36.8 Å². The van der Waals surface area contributed by atoms with E-state index in [4.69, 9.17) is 15.2 Å². The maximum absolute atomic E-state index is 11.6. The average Bonchev–Trinajstić information content (AvgIpc) is 2.57. The minimum absolute atomic E-state index is 0.222. The first kappa shape index (κ1) is 19.4. The Morgan fingerprint density at radius 2 is 2.00 bits per heavy atom. The highest BCUT2D eigenvalue weighted by Crippen LogP contribution is 2.45. The first-order valence-corrected chi connectivity index (χ1v) is 9.09. The van der Waals surface area contributed by atoms with Crippen LogP contribution >= 0.6 is 0 Å². The number of benzene rings is 1. The summed E-state index contributed by atoms with van der Waals surface area (Å²) in [7, 11) is 0. The van der Waals surface area contributed by atoms with Gasteiger partial charge in [0.15, 0.2) is 0 Å². The first-order valence-electron chi connectivity index (χ1n) is 9.09. The largest absolute Gasteiger partial charge is 0.462 e. The molecule has 2 rings (SSSR count). The predicted octanol–water partition coefficient (Wildman–Crippen LogP) is 3.35. The number of carbonyl (C=O) groups excluding carboxylic acids is 2. The van der Waals surface area contributed by atoms with Gasteiger partial charge in [0.05, 0.1) is 6.61 Å². The van der Waals surface area contributed by atoms with Crippen molar-refractivity contribution in [1.29, 1.82) is 0 Å². The quantitative estimate of drug-likeness (QED) is 0.549. The van der Waals surface area contributed by atoms with Crippen LogP contribution in [-0.4, -0.2) is 24.6 Å². The molecule has 1 aromatic carbocycles. The zero-order valence-electron chi connectivity index (χ0n) is 15.0. The van der Waals surface area contributed by atoms with Gasteiger partial charge < -0.3 is 15.2 Å². The lowest BCUT2D eigenvalue weighted by Gasteiger charge is -2.43. The Bertz CT molecular complexity index is 560. The van der Waals surface area contributed by atoms with Crippen LogP contribution in [0.15, 0.2) is 30.3 Å². The van der Waals surface area contributed by atoms with E-state index in [9.17, 15) is 9.59 Å². The molecule has 0 unspecified atom stereocenters. The van der Waals surface area contributed by atoms with E-state index >= 15 is 0 Å². The van der Waals surface area contributed by atoms with Crippen molar-refractivity contribution in [1.82, 2.24) is 0 Å². The molecule has 2 atom stereocenters. The number of amides is 1. The molecule has 1 aliphatic rings. The van der Waals surface area contributed by atoms with Crippen LogP contribution in [0.2, 0.25) is 0 Å². The van der Waals surface area contributed by atoms with Gasteiger partial charge in [-0.05, 0) is 37.7 Å². The zero-order chi connectivity index (χ0) is 18.1. The summed E-state index contributed by atoms with van der Waals surface area (Å²) < 4.78 is 11.3. The van der Waals surface area contributed by atoms with Gasteiger partial charge in [-0.3, -0.25) is 9.59 Å². The van der Waals surface area contributed by atoms with E-state index in [0.29, 0.717) is 13.2 Å². The van der Waals surface area contributed by atoms with Crippen molar-refractivity contribution in [3.05, 3.63) is 35.9 Å². The van der Waals surface area contributed by atoms with Crippen LogP contribution in [0.4, 0.5) is 0 Å². The maximum Gasteiger partial charge on any atom is 0.302 e. The number of esters is 1. The van der Waals surface area contributed by atoms with E-state index in [1.807, 2.05) is 30.3 Å². The number of hydrogen-bond acceptors (Lipinski definition) is 4. The molecular formula is C20H29NO4. The summed E-state index contributed by atoms with van der Waals surface area (Å²) in [5.74, 6) is -0.620. The van der Waals surface area contributed by atoms with Crippen molar-refractivity contribution in [3.8, 4) is 0 Å². The molecule has 5 nitrogen and oxygen atoms in total. The summed E-state index contributed by atoms with van der Waals surface area (Å²) in [5, 5.41) is 0. The van der Waals surface area contributed by atoms with Gasteiger partial charge in [0, 0.05) is 25.4 Å². The van der Waals surface area contributed by atoms with Crippen LogP contribution in [0.3, 0.4) is 0 Å². The van der Waals surface area contributed by atoms with E-state index in [1.54, 1.807) is 0 Å². The summed E-state index contributed by atoms with van der Waals surface area (Å²) in [6.07, 6.45) is 5.37. The van der Waals surface area contributed by atoms with Crippen molar-refractivity contribution in [3.63, 3.8) is 0 Å². The van der Waals surface area contributed by atoms with Crippen LogP contribution in [-0.2, 0) is 25.7 Å². The Labute approximate surface area is 149 Å². The Balaban J connectivity index is 1.89. The van der Waals surface area contributed by atoms with E-state index in [2.05, 4.69) is 0 Å². The van der Waals surface area contributed by atoms with Gasteiger partial charge >= 0.3 is 5.97 Å². The lowest BCUT2D eigenvalue weighted by atomic mass is 9.66. The molecule has 0 aliphatic heterocycles. The second-order valence-electron chi connectivity index (χ2n) is 6.99. The first-order chi connectivity index (χ1) is 12.0. The fourth-order valence-corrected chi connectivity index (χ4v) is 3.87. The molecule has 0 saturated heterocycles. The molecule has 1 fully saturated rings. The maximum atomic E-state index is 11.6. The molecule has 1 amide bonds. The molecule has 138 valence electrons. The molecule has 0 radical (unpaired) electrons. The topological polar surface area (TPSA) is 78.6 Å². The van der Waals surface area contributed by atoms with Crippen LogP contribution in [0.5, 0.6) is 0 Å². The second-order valence-corrected chi connectivity index (χ2v) is 6.99. The van der Waals surface area contributed by atoms with Gasteiger partial charge in [0.1, 0.15) is 6.10 Å². The molecule has 25 heavy (non-hydrogen) atoms. The molecule has 2 N–H and O–H groups in total. The fraction of sp³-hybridized carbons (Fsp3) is 0.600. The van der Waals surface area contributed by atoms with E-state index in [0.717, 1.165) is 44.1 Å². The van der Waals surface area contributed by atoms with Crippen molar-refractivity contribution in [2.45, 2.75) is 64.6 Å². The van der Waals surface area contributed by atoms with E-state index < -0.39 is 0 Å². The number of carbonyl (C=O) groups is 2. The standard InChI is InChI=1S/C20H29NO4/c1-16(22)25-18-10-5-6-11-20(18,14-19(21)23)12-7-13-24-15-17-8-3-2-4-9-17/h2-4,8-9,18H,5-7,10-15H2,1H3,(H2,21,23)/t18-,20+/m1/s1. The van der Waals surface area contributed by atoms with Gasteiger partial charge in [-0.15, -0.1) is 0 Å². The smallest absolute Gasteiger partial charge is 0.302 e. The highest BCUT2D eigenvalue weighted by Gasteiger charge is 2.43. The van der Waals surface area contributed by atoms with Gasteiger partial charge in [0.2, 0.25) is 5.91 Å². The Hall–Kier alpha value is -1.88. The molecule has 1 aromatic rings. The average molecular weight is 347 g/mol. The van der Waals surface area contributed by atoms with Crippen LogP contribution in [0, 0.1) is 5.41 Å². The fourth-order valence-electron chi connectivity index (χ4n) is 3.87. The van der Waals surface area contributed by atoms with Crippen LogP contribution in [0.1, 0.15) is 57.4 Å². The minimum Gasteiger partial charge on any atom is -0.462 e. The number of ether oxygens (including phenoxy) is 2. The van der Waals surface area contributed by atoms with Crippen molar-refractivity contribution in [2.75, 3.05) is 6.61 Å². The summed E-state index contributed by atoms with van der Waals surface area (Å²) >= 11 is 0. The highest BCUT2D eigenvalue weighted by molar-refractivity contribution is 5.75. The monoisotopic (exact) mass is 347 g/mol. The highest BCUT2D eigenvalue weighted by atomic mass is 16.5. The third kappa shape index (κ3) is 6.16. The van der Waals surface area contributed by atoms with Gasteiger partial charge in [-0.25, -0.2) is 0 Å². The Kier molecular flexibility index (Phi) is 7.44. The molecule has 5 heteroatoms. The number of rotatable bonds is 9.